The van der Waals surface area contributed by atoms with Crippen LogP contribution in [0.2, 0.25) is 0 Å². The SMILES string of the molecule is CCCC(=O)Nc1ccc(OCC)c(OC)c1. The largest absolute Gasteiger partial charge is 0.493 e. The highest BCUT2D eigenvalue weighted by Crippen LogP contribution is 2.30. The zero-order valence-corrected chi connectivity index (χ0v) is 10.6. The first-order chi connectivity index (χ1) is 8.21. The Bertz CT molecular complexity index is 377. The van der Waals surface area contributed by atoms with E-state index in [9.17, 15) is 4.79 Å². The van der Waals surface area contributed by atoms with Crippen LogP contribution in [0.1, 0.15) is 26.7 Å². The molecule has 0 saturated carbocycles. The van der Waals surface area contributed by atoms with E-state index in [0.717, 1.165) is 12.1 Å². The van der Waals surface area contributed by atoms with Crippen LogP contribution in [0.25, 0.3) is 0 Å². The zero-order chi connectivity index (χ0) is 12.7. The van der Waals surface area contributed by atoms with Crippen LogP contribution in [-0.4, -0.2) is 19.6 Å². The molecule has 1 rings (SSSR count). The molecule has 0 saturated heterocycles. The molecule has 4 nitrogen and oxygen atoms in total. The van der Waals surface area contributed by atoms with Gasteiger partial charge in [-0.15, -0.1) is 0 Å². The Morgan fingerprint density at radius 1 is 1.29 bits per heavy atom. The molecule has 0 aliphatic carbocycles. The minimum atomic E-state index is 0.0127. The van der Waals surface area contributed by atoms with Gasteiger partial charge in [0.25, 0.3) is 0 Å². The number of carbonyl (C=O) groups is 1. The smallest absolute Gasteiger partial charge is 0.224 e. The molecule has 0 radical (unpaired) electrons. The monoisotopic (exact) mass is 237 g/mol. The molecule has 0 aromatic heterocycles. The van der Waals surface area contributed by atoms with Gasteiger partial charge in [0.15, 0.2) is 11.5 Å². The van der Waals surface area contributed by atoms with Gasteiger partial charge in [0, 0.05) is 18.2 Å². The maximum Gasteiger partial charge on any atom is 0.224 e. The Morgan fingerprint density at radius 3 is 2.65 bits per heavy atom. The summed E-state index contributed by atoms with van der Waals surface area (Å²) in [4.78, 5) is 11.4. The fourth-order valence-electron chi connectivity index (χ4n) is 1.47. The molecule has 1 amide bonds. The van der Waals surface area contributed by atoms with Crippen LogP contribution in [0.5, 0.6) is 11.5 Å². The van der Waals surface area contributed by atoms with Gasteiger partial charge in [0.2, 0.25) is 5.91 Å². The van der Waals surface area contributed by atoms with Crippen molar-refractivity contribution in [1.29, 1.82) is 0 Å². The summed E-state index contributed by atoms with van der Waals surface area (Å²) in [5, 5.41) is 2.81. The quantitative estimate of drug-likeness (QED) is 0.827. The van der Waals surface area contributed by atoms with Crippen molar-refractivity contribution >= 4 is 11.6 Å². The van der Waals surface area contributed by atoms with Crippen molar-refractivity contribution in [3.8, 4) is 11.5 Å². The Balaban J connectivity index is 2.78. The average molecular weight is 237 g/mol. The molecule has 1 aromatic carbocycles. The van der Waals surface area contributed by atoms with Gasteiger partial charge in [-0.1, -0.05) is 6.92 Å². The van der Waals surface area contributed by atoms with Gasteiger partial charge in [0.05, 0.1) is 13.7 Å². The Morgan fingerprint density at radius 2 is 2.06 bits per heavy atom. The zero-order valence-electron chi connectivity index (χ0n) is 10.6. The molecule has 4 heteroatoms. The molecule has 1 aromatic rings. The summed E-state index contributed by atoms with van der Waals surface area (Å²) in [5.41, 5.74) is 0.726. The Hall–Kier alpha value is -1.71. The third kappa shape index (κ3) is 3.98. The summed E-state index contributed by atoms with van der Waals surface area (Å²) >= 11 is 0. The second kappa shape index (κ2) is 6.78. The summed E-state index contributed by atoms with van der Waals surface area (Å²) < 4.78 is 10.6. The number of benzene rings is 1. The Kier molecular flexibility index (Phi) is 5.33. The number of amides is 1. The van der Waals surface area contributed by atoms with Gasteiger partial charge in [0.1, 0.15) is 0 Å². The maximum absolute atomic E-state index is 11.4. The highest BCUT2D eigenvalue weighted by Gasteiger charge is 2.07. The van der Waals surface area contributed by atoms with Crippen LogP contribution in [0.4, 0.5) is 5.69 Å². The van der Waals surface area contributed by atoms with E-state index in [1.807, 2.05) is 13.8 Å². The van der Waals surface area contributed by atoms with Gasteiger partial charge in [-0.3, -0.25) is 4.79 Å². The van der Waals surface area contributed by atoms with Gasteiger partial charge < -0.3 is 14.8 Å². The van der Waals surface area contributed by atoms with E-state index >= 15 is 0 Å². The van der Waals surface area contributed by atoms with E-state index in [4.69, 9.17) is 9.47 Å². The molecule has 0 bridgehead atoms. The van der Waals surface area contributed by atoms with Crippen molar-refractivity contribution < 1.29 is 14.3 Å². The van der Waals surface area contributed by atoms with E-state index in [0.29, 0.717) is 24.5 Å². The van der Waals surface area contributed by atoms with Crippen LogP contribution < -0.4 is 14.8 Å². The third-order valence-corrected chi connectivity index (χ3v) is 2.22. The third-order valence-electron chi connectivity index (χ3n) is 2.22. The number of hydrogen-bond donors (Lipinski definition) is 1. The predicted molar refractivity (Wildman–Crippen MR) is 67.7 cm³/mol. The lowest BCUT2D eigenvalue weighted by molar-refractivity contribution is -0.116. The molecule has 0 unspecified atom stereocenters. The molecular weight excluding hydrogens is 218 g/mol. The van der Waals surface area contributed by atoms with Crippen LogP contribution in [0, 0.1) is 0 Å². The fraction of sp³-hybridized carbons (Fsp3) is 0.462. The van der Waals surface area contributed by atoms with Crippen molar-refractivity contribution in [3.63, 3.8) is 0 Å². The number of nitrogens with one attached hydrogen (secondary N) is 1. The lowest BCUT2D eigenvalue weighted by Crippen LogP contribution is -2.10. The van der Waals surface area contributed by atoms with E-state index in [1.165, 1.54) is 0 Å². The minimum Gasteiger partial charge on any atom is -0.493 e. The molecule has 94 valence electrons. The fourth-order valence-corrected chi connectivity index (χ4v) is 1.47. The number of methoxy groups -OCH3 is 1. The van der Waals surface area contributed by atoms with E-state index in [1.54, 1.807) is 25.3 Å². The first-order valence-electron chi connectivity index (χ1n) is 5.82. The summed E-state index contributed by atoms with van der Waals surface area (Å²) in [6.07, 6.45) is 1.36. The van der Waals surface area contributed by atoms with E-state index in [2.05, 4.69) is 5.32 Å². The highest BCUT2D eigenvalue weighted by atomic mass is 16.5. The standard InChI is InChI=1S/C13H19NO3/c1-4-6-13(15)14-10-7-8-11(17-5-2)12(9-10)16-3/h7-9H,4-6H2,1-3H3,(H,14,15). The normalized spacial score (nSPS) is 9.82. The molecule has 0 heterocycles. The molecule has 0 spiro atoms. The maximum atomic E-state index is 11.4. The van der Waals surface area contributed by atoms with Gasteiger partial charge in [-0.2, -0.15) is 0 Å². The first kappa shape index (κ1) is 13.4. The molecule has 0 atom stereocenters. The van der Waals surface area contributed by atoms with Crippen molar-refractivity contribution in [2.75, 3.05) is 19.0 Å². The summed E-state index contributed by atoms with van der Waals surface area (Å²) in [5.74, 6) is 1.32. The summed E-state index contributed by atoms with van der Waals surface area (Å²) in [6.45, 7) is 4.46. The van der Waals surface area contributed by atoms with E-state index < -0.39 is 0 Å². The number of anilines is 1. The van der Waals surface area contributed by atoms with Crippen LogP contribution in [0.15, 0.2) is 18.2 Å². The lowest BCUT2D eigenvalue weighted by atomic mass is 10.2. The average Bonchev–Trinajstić information content (AvgIpc) is 2.31. The molecule has 0 aliphatic heterocycles. The van der Waals surface area contributed by atoms with Crippen molar-refractivity contribution in [2.45, 2.75) is 26.7 Å². The van der Waals surface area contributed by atoms with Crippen LogP contribution in [-0.2, 0) is 4.79 Å². The molecule has 0 aliphatic rings. The second-order valence-corrected chi connectivity index (χ2v) is 3.60. The number of carbonyl (C=O) groups excluding carboxylic acids is 1. The molecular formula is C13H19NO3. The number of ether oxygens (including phenoxy) is 2. The lowest BCUT2D eigenvalue weighted by Gasteiger charge is -2.11. The first-order valence-corrected chi connectivity index (χ1v) is 5.82. The number of hydrogen-bond acceptors (Lipinski definition) is 3. The Labute approximate surface area is 102 Å². The molecule has 0 fully saturated rings. The van der Waals surface area contributed by atoms with Crippen molar-refractivity contribution in [3.05, 3.63) is 18.2 Å². The van der Waals surface area contributed by atoms with Gasteiger partial charge >= 0.3 is 0 Å². The minimum absolute atomic E-state index is 0.0127. The van der Waals surface area contributed by atoms with Crippen molar-refractivity contribution in [2.24, 2.45) is 0 Å². The number of rotatable bonds is 6. The van der Waals surface area contributed by atoms with E-state index in [-0.39, 0.29) is 5.91 Å². The summed E-state index contributed by atoms with van der Waals surface area (Å²) in [6, 6.07) is 5.36. The molecule has 1 N–H and O–H groups in total. The predicted octanol–water partition coefficient (Wildman–Crippen LogP) is 2.83. The van der Waals surface area contributed by atoms with Crippen LogP contribution in [0.3, 0.4) is 0 Å². The second-order valence-electron chi connectivity index (χ2n) is 3.60. The topological polar surface area (TPSA) is 47.6 Å². The van der Waals surface area contributed by atoms with Gasteiger partial charge in [-0.05, 0) is 25.5 Å². The van der Waals surface area contributed by atoms with Crippen LogP contribution >= 0.6 is 0 Å². The molecule has 17 heavy (non-hydrogen) atoms. The van der Waals surface area contributed by atoms with Gasteiger partial charge in [-0.25, -0.2) is 0 Å². The highest BCUT2D eigenvalue weighted by molar-refractivity contribution is 5.91. The van der Waals surface area contributed by atoms with Crippen molar-refractivity contribution in [1.82, 2.24) is 0 Å². The summed E-state index contributed by atoms with van der Waals surface area (Å²) in [7, 11) is 1.58.